The van der Waals surface area contributed by atoms with Crippen LogP contribution >= 0.6 is 0 Å². The number of carbonyl (C=O) groups excluding carboxylic acids is 1. The van der Waals surface area contributed by atoms with Crippen molar-refractivity contribution in [1.82, 2.24) is 0 Å². The fourth-order valence-electron chi connectivity index (χ4n) is 2.17. The van der Waals surface area contributed by atoms with Crippen LogP contribution in [0.2, 0.25) is 0 Å². The van der Waals surface area contributed by atoms with Crippen LogP contribution in [0, 0.1) is 10.8 Å². The van der Waals surface area contributed by atoms with E-state index < -0.39 is 5.41 Å². The summed E-state index contributed by atoms with van der Waals surface area (Å²) in [6.45, 7) is 11.1. The highest BCUT2D eigenvalue weighted by molar-refractivity contribution is 5.77. The number of esters is 1. The zero-order valence-corrected chi connectivity index (χ0v) is 11.8. The van der Waals surface area contributed by atoms with Crippen molar-refractivity contribution < 1.29 is 14.3 Å². The van der Waals surface area contributed by atoms with Gasteiger partial charge in [0.1, 0.15) is 0 Å². The Hall–Kier alpha value is -0.570. The van der Waals surface area contributed by atoms with Crippen molar-refractivity contribution in [3.05, 3.63) is 0 Å². The molecule has 0 amide bonds. The predicted molar refractivity (Wildman–Crippen MR) is 67.5 cm³/mol. The van der Waals surface area contributed by atoms with Crippen molar-refractivity contribution in [3.8, 4) is 0 Å². The lowest BCUT2D eigenvalue weighted by Gasteiger charge is -2.40. The molecule has 0 spiro atoms. The zero-order valence-electron chi connectivity index (χ0n) is 11.8. The SMILES string of the molecule is CCCC(C)(C(=O)OC1CCCO1)C(C)(C)C. The van der Waals surface area contributed by atoms with Crippen LogP contribution in [-0.4, -0.2) is 18.9 Å². The minimum absolute atomic E-state index is 0.0985. The molecule has 2 atom stereocenters. The number of hydrogen-bond donors (Lipinski definition) is 0. The van der Waals surface area contributed by atoms with E-state index in [-0.39, 0.29) is 17.7 Å². The van der Waals surface area contributed by atoms with Gasteiger partial charge in [0.05, 0.1) is 12.0 Å². The topological polar surface area (TPSA) is 35.5 Å². The standard InChI is InChI=1S/C14H26O3/c1-6-9-14(5,13(2,3)4)12(15)17-11-8-7-10-16-11/h11H,6-10H2,1-5H3. The summed E-state index contributed by atoms with van der Waals surface area (Å²) in [4.78, 5) is 12.4. The highest BCUT2D eigenvalue weighted by Gasteiger charge is 2.45. The van der Waals surface area contributed by atoms with E-state index in [2.05, 4.69) is 27.7 Å². The van der Waals surface area contributed by atoms with Gasteiger partial charge in [-0.15, -0.1) is 0 Å². The monoisotopic (exact) mass is 242 g/mol. The number of carbonyl (C=O) groups is 1. The van der Waals surface area contributed by atoms with Crippen molar-refractivity contribution in [2.24, 2.45) is 10.8 Å². The molecule has 0 aromatic heterocycles. The van der Waals surface area contributed by atoms with Crippen LogP contribution in [0.15, 0.2) is 0 Å². The third-order valence-corrected chi connectivity index (χ3v) is 3.98. The Morgan fingerprint density at radius 2 is 2.00 bits per heavy atom. The van der Waals surface area contributed by atoms with Gasteiger partial charge >= 0.3 is 5.97 Å². The van der Waals surface area contributed by atoms with Crippen LogP contribution in [0.1, 0.15) is 60.3 Å². The van der Waals surface area contributed by atoms with E-state index in [9.17, 15) is 4.79 Å². The molecule has 1 rings (SSSR count). The quantitative estimate of drug-likeness (QED) is 0.708. The average Bonchev–Trinajstić information content (AvgIpc) is 2.68. The molecular formula is C14H26O3. The van der Waals surface area contributed by atoms with Gasteiger partial charge in [0, 0.05) is 6.42 Å². The summed E-state index contributed by atoms with van der Waals surface area (Å²) >= 11 is 0. The molecule has 1 fully saturated rings. The van der Waals surface area contributed by atoms with E-state index in [0.717, 1.165) is 25.7 Å². The highest BCUT2D eigenvalue weighted by Crippen LogP contribution is 2.43. The van der Waals surface area contributed by atoms with Gasteiger partial charge in [-0.1, -0.05) is 34.1 Å². The van der Waals surface area contributed by atoms with E-state index in [0.29, 0.717) is 6.61 Å². The molecule has 0 aliphatic carbocycles. The molecule has 3 heteroatoms. The molecule has 2 unspecified atom stereocenters. The van der Waals surface area contributed by atoms with Gasteiger partial charge in [-0.05, 0) is 25.2 Å². The van der Waals surface area contributed by atoms with Crippen LogP contribution in [0.25, 0.3) is 0 Å². The Balaban J connectivity index is 2.72. The van der Waals surface area contributed by atoms with E-state index in [1.54, 1.807) is 0 Å². The average molecular weight is 242 g/mol. The normalized spacial score (nSPS) is 24.4. The second kappa shape index (κ2) is 5.38. The maximum Gasteiger partial charge on any atom is 0.314 e. The molecule has 0 aromatic carbocycles. The molecule has 1 aliphatic heterocycles. The summed E-state index contributed by atoms with van der Waals surface area (Å²) in [7, 11) is 0. The molecule has 1 saturated heterocycles. The first kappa shape index (κ1) is 14.5. The number of hydrogen-bond acceptors (Lipinski definition) is 3. The smallest absolute Gasteiger partial charge is 0.314 e. The largest absolute Gasteiger partial charge is 0.435 e. The number of ether oxygens (including phenoxy) is 2. The van der Waals surface area contributed by atoms with Gasteiger partial charge in [0.25, 0.3) is 0 Å². The van der Waals surface area contributed by atoms with E-state index in [4.69, 9.17) is 9.47 Å². The van der Waals surface area contributed by atoms with Gasteiger partial charge in [0.2, 0.25) is 6.29 Å². The Morgan fingerprint density at radius 3 is 2.41 bits per heavy atom. The minimum Gasteiger partial charge on any atom is -0.435 e. The molecular weight excluding hydrogens is 216 g/mol. The summed E-state index contributed by atoms with van der Waals surface area (Å²) < 4.78 is 10.9. The third kappa shape index (κ3) is 3.21. The van der Waals surface area contributed by atoms with Crippen LogP contribution in [0.4, 0.5) is 0 Å². The number of rotatable bonds is 4. The van der Waals surface area contributed by atoms with E-state index >= 15 is 0 Å². The Bertz CT molecular complexity index is 261. The fraction of sp³-hybridized carbons (Fsp3) is 0.929. The van der Waals surface area contributed by atoms with Gasteiger partial charge < -0.3 is 9.47 Å². The van der Waals surface area contributed by atoms with Crippen LogP contribution < -0.4 is 0 Å². The first-order chi connectivity index (χ1) is 7.81. The molecule has 0 saturated carbocycles. The van der Waals surface area contributed by atoms with Crippen molar-refractivity contribution in [1.29, 1.82) is 0 Å². The molecule has 0 bridgehead atoms. The van der Waals surface area contributed by atoms with Crippen molar-refractivity contribution in [2.45, 2.75) is 66.6 Å². The van der Waals surface area contributed by atoms with Gasteiger partial charge in [0.15, 0.2) is 0 Å². The summed E-state index contributed by atoms with van der Waals surface area (Å²) in [6.07, 6.45) is 3.33. The molecule has 17 heavy (non-hydrogen) atoms. The summed E-state index contributed by atoms with van der Waals surface area (Å²) in [5.74, 6) is -0.112. The fourth-order valence-corrected chi connectivity index (χ4v) is 2.17. The Morgan fingerprint density at radius 1 is 1.35 bits per heavy atom. The van der Waals surface area contributed by atoms with Crippen LogP contribution in [0.3, 0.4) is 0 Å². The van der Waals surface area contributed by atoms with Crippen molar-refractivity contribution in [3.63, 3.8) is 0 Å². The Kier molecular flexibility index (Phi) is 4.59. The minimum atomic E-state index is -0.437. The van der Waals surface area contributed by atoms with Crippen molar-refractivity contribution >= 4 is 5.97 Å². The highest BCUT2D eigenvalue weighted by atomic mass is 16.7. The first-order valence-corrected chi connectivity index (χ1v) is 6.64. The molecule has 1 heterocycles. The molecule has 100 valence electrons. The second-order valence-corrected chi connectivity index (χ2v) is 6.18. The summed E-state index contributed by atoms with van der Waals surface area (Å²) in [5, 5.41) is 0. The predicted octanol–water partition coefficient (Wildman–Crippen LogP) is 3.52. The van der Waals surface area contributed by atoms with Crippen molar-refractivity contribution in [2.75, 3.05) is 6.61 Å². The maximum atomic E-state index is 12.4. The molecule has 3 nitrogen and oxygen atoms in total. The van der Waals surface area contributed by atoms with Gasteiger partial charge in [-0.3, -0.25) is 4.79 Å². The molecule has 1 aliphatic rings. The van der Waals surface area contributed by atoms with E-state index in [1.165, 1.54) is 0 Å². The van der Waals surface area contributed by atoms with Gasteiger partial charge in [-0.25, -0.2) is 0 Å². The lowest BCUT2D eigenvalue weighted by atomic mass is 9.65. The lowest BCUT2D eigenvalue weighted by Crippen LogP contribution is -2.43. The summed E-state index contributed by atoms with van der Waals surface area (Å²) in [6, 6.07) is 0. The third-order valence-electron chi connectivity index (χ3n) is 3.98. The molecule has 0 N–H and O–H groups in total. The lowest BCUT2D eigenvalue weighted by molar-refractivity contribution is -0.188. The van der Waals surface area contributed by atoms with Crippen LogP contribution in [-0.2, 0) is 14.3 Å². The zero-order chi connectivity index (χ0) is 13.1. The second-order valence-electron chi connectivity index (χ2n) is 6.18. The summed E-state index contributed by atoms with van der Waals surface area (Å²) in [5.41, 5.74) is -0.535. The van der Waals surface area contributed by atoms with E-state index in [1.807, 2.05) is 6.92 Å². The maximum absolute atomic E-state index is 12.4. The molecule has 0 radical (unpaired) electrons. The molecule has 0 aromatic rings. The van der Waals surface area contributed by atoms with Crippen LogP contribution in [0.5, 0.6) is 0 Å². The van der Waals surface area contributed by atoms with Gasteiger partial charge in [-0.2, -0.15) is 0 Å². The Labute approximate surface area is 105 Å². The first-order valence-electron chi connectivity index (χ1n) is 6.64.